The van der Waals surface area contributed by atoms with Crippen LogP contribution in [0, 0.1) is 0 Å². The van der Waals surface area contributed by atoms with E-state index in [9.17, 15) is 0 Å². The molecule has 144 valence electrons. The highest BCUT2D eigenvalue weighted by atomic mass is 28.5. The topological polar surface area (TPSA) is 27.7 Å². The number of hydrogen-bond donors (Lipinski definition) is 0. The molecule has 0 aromatic heterocycles. The summed E-state index contributed by atoms with van der Waals surface area (Å²) in [5.74, 6) is 0. The van der Waals surface area contributed by atoms with Gasteiger partial charge in [-0.05, 0) is 45.5 Å². The summed E-state index contributed by atoms with van der Waals surface area (Å²) in [6, 6.07) is 0. The van der Waals surface area contributed by atoms with Crippen molar-refractivity contribution >= 4 is 17.1 Å². The first-order chi connectivity index (χ1) is 11.3. The number of unbranched alkanes of at least 4 members (excludes halogenated alkanes) is 7. The minimum Gasteiger partial charge on any atom is -0.415 e. The molecule has 0 aromatic carbocycles. The molecule has 0 aliphatic carbocycles. The third-order valence-corrected chi connectivity index (χ3v) is 9.51. The normalized spacial score (nSPS) is 13.1. The van der Waals surface area contributed by atoms with Crippen molar-refractivity contribution in [1.29, 1.82) is 0 Å². The van der Waals surface area contributed by atoms with Gasteiger partial charge in [0.15, 0.2) is 0 Å². The summed E-state index contributed by atoms with van der Waals surface area (Å²) in [7, 11) is -4.14. The summed E-state index contributed by atoms with van der Waals surface area (Å²) in [6.45, 7) is 14.3. The molecule has 5 heteroatoms. The molecule has 24 heavy (non-hydrogen) atoms. The van der Waals surface area contributed by atoms with Crippen molar-refractivity contribution in [3.8, 4) is 0 Å². The quantitative estimate of drug-likeness (QED) is 0.174. The van der Waals surface area contributed by atoms with E-state index in [0.717, 1.165) is 13.0 Å². The number of allylic oxidation sites excluding steroid dienone is 1. The zero-order valence-corrected chi connectivity index (χ0v) is 19.2. The second-order valence-corrected chi connectivity index (χ2v) is 14.4. The van der Waals surface area contributed by atoms with Gasteiger partial charge in [0.05, 0.1) is 6.61 Å². The standard InChI is InChI=1S/C19H42O3Si2/c1-7-9-10-11-12-13-14-15-16-17-19-21-24(5,6)22-23(3,4)20-18-8-2/h16-17H,7-15,18-19H2,1-6H3/b17-16+. The Kier molecular flexibility index (Phi) is 14.3. The lowest BCUT2D eigenvalue weighted by Gasteiger charge is -2.32. The minimum absolute atomic E-state index is 0.661. The van der Waals surface area contributed by atoms with Crippen LogP contribution in [-0.4, -0.2) is 30.3 Å². The number of hydrogen-bond acceptors (Lipinski definition) is 3. The highest BCUT2D eigenvalue weighted by molar-refractivity contribution is 6.78. The molecule has 0 aliphatic rings. The van der Waals surface area contributed by atoms with Gasteiger partial charge in [-0.25, -0.2) is 0 Å². The molecule has 0 atom stereocenters. The highest BCUT2D eigenvalue weighted by Gasteiger charge is 2.35. The molecule has 0 fully saturated rings. The molecular formula is C19H42O3Si2. The van der Waals surface area contributed by atoms with Crippen molar-refractivity contribution in [1.82, 2.24) is 0 Å². The van der Waals surface area contributed by atoms with Crippen molar-refractivity contribution in [3.05, 3.63) is 12.2 Å². The van der Waals surface area contributed by atoms with Gasteiger partial charge in [-0.3, -0.25) is 0 Å². The van der Waals surface area contributed by atoms with Gasteiger partial charge in [0.1, 0.15) is 0 Å². The lowest BCUT2D eigenvalue weighted by atomic mass is 10.1. The van der Waals surface area contributed by atoms with Crippen LogP contribution in [0.3, 0.4) is 0 Å². The first-order valence-electron chi connectivity index (χ1n) is 9.96. The zero-order valence-electron chi connectivity index (χ0n) is 17.2. The van der Waals surface area contributed by atoms with Crippen LogP contribution in [0.25, 0.3) is 0 Å². The average molecular weight is 375 g/mol. The molecular weight excluding hydrogens is 332 g/mol. The summed E-state index contributed by atoms with van der Waals surface area (Å²) in [5.41, 5.74) is 0. The van der Waals surface area contributed by atoms with E-state index in [4.69, 9.17) is 13.0 Å². The van der Waals surface area contributed by atoms with Gasteiger partial charge in [0.25, 0.3) is 0 Å². The fourth-order valence-electron chi connectivity index (χ4n) is 2.65. The van der Waals surface area contributed by atoms with E-state index >= 15 is 0 Å². The van der Waals surface area contributed by atoms with Crippen molar-refractivity contribution in [2.24, 2.45) is 0 Å². The van der Waals surface area contributed by atoms with Gasteiger partial charge in [0, 0.05) is 6.61 Å². The Labute approximate surface area is 153 Å². The van der Waals surface area contributed by atoms with Crippen molar-refractivity contribution in [2.45, 2.75) is 97.8 Å². The van der Waals surface area contributed by atoms with E-state index in [-0.39, 0.29) is 0 Å². The van der Waals surface area contributed by atoms with E-state index in [1.807, 2.05) is 0 Å². The maximum atomic E-state index is 6.22. The summed E-state index contributed by atoms with van der Waals surface area (Å²) >= 11 is 0. The van der Waals surface area contributed by atoms with E-state index < -0.39 is 17.1 Å². The second-order valence-electron chi connectivity index (χ2n) is 7.44. The van der Waals surface area contributed by atoms with Gasteiger partial charge in [-0.1, -0.05) is 64.5 Å². The van der Waals surface area contributed by atoms with Crippen LogP contribution < -0.4 is 0 Å². The Morgan fingerprint density at radius 3 is 1.88 bits per heavy atom. The van der Waals surface area contributed by atoms with E-state index in [1.165, 1.54) is 51.4 Å². The monoisotopic (exact) mass is 374 g/mol. The SMILES string of the molecule is CCCCCCCCC/C=C/CO[Si](C)(C)O[Si](C)(C)OCCC. The molecule has 0 saturated heterocycles. The Balaban J connectivity index is 3.72. The van der Waals surface area contributed by atoms with Crippen LogP contribution in [0.5, 0.6) is 0 Å². The predicted octanol–water partition coefficient (Wildman–Crippen LogP) is 6.55. The maximum absolute atomic E-state index is 6.22. The fourth-order valence-corrected chi connectivity index (χ4v) is 9.05. The first-order valence-corrected chi connectivity index (χ1v) is 15.6. The van der Waals surface area contributed by atoms with Gasteiger partial charge in [-0.2, -0.15) is 0 Å². The van der Waals surface area contributed by atoms with Gasteiger partial charge >= 0.3 is 17.1 Å². The lowest BCUT2D eigenvalue weighted by Crippen LogP contribution is -2.48. The Morgan fingerprint density at radius 1 is 0.667 bits per heavy atom. The van der Waals surface area contributed by atoms with Crippen molar-refractivity contribution < 1.29 is 13.0 Å². The van der Waals surface area contributed by atoms with Crippen LogP contribution >= 0.6 is 0 Å². The summed E-state index contributed by atoms with van der Waals surface area (Å²) in [4.78, 5) is 0. The molecule has 0 spiro atoms. The highest BCUT2D eigenvalue weighted by Crippen LogP contribution is 2.17. The molecule has 0 aliphatic heterocycles. The molecule has 3 nitrogen and oxygen atoms in total. The summed E-state index contributed by atoms with van der Waals surface area (Å²) in [5, 5.41) is 0. The smallest absolute Gasteiger partial charge is 0.323 e. The third kappa shape index (κ3) is 15.6. The Bertz CT molecular complexity index is 318. The molecule has 0 amide bonds. The third-order valence-electron chi connectivity index (χ3n) is 3.81. The van der Waals surface area contributed by atoms with Gasteiger partial charge in [-0.15, -0.1) is 0 Å². The van der Waals surface area contributed by atoms with Gasteiger partial charge < -0.3 is 13.0 Å². The maximum Gasteiger partial charge on any atom is 0.323 e. The van der Waals surface area contributed by atoms with Crippen LogP contribution in [0.15, 0.2) is 12.2 Å². The largest absolute Gasteiger partial charge is 0.415 e. The van der Waals surface area contributed by atoms with Crippen LogP contribution in [0.2, 0.25) is 26.2 Å². The van der Waals surface area contributed by atoms with Crippen LogP contribution in [0.1, 0.15) is 71.6 Å². The van der Waals surface area contributed by atoms with Crippen LogP contribution in [0.4, 0.5) is 0 Å². The van der Waals surface area contributed by atoms with E-state index in [0.29, 0.717) is 6.61 Å². The summed E-state index contributed by atoms with van der Waals surface area (Å²) in [6.07, 6.45) is 16.2. The lowest BCUT2D eigenvalue weighted by molar-refractivity contribution is 0.206. The molecule has 0 N–H and O–H groups in total. The van der Waals surface area contributed by atoms with Crippen molar-refractivity contribution in [2.75, 3.05) is 13.2 Å². The average Bonchev–Trinajstić information content (AvgIpc) is 2.49. The predicted molar refractivity (Wildman–Crippen MR) is 110 cm³/mol. The van der Waals surface area contributed by atoms with Crippen molar-refractivity contribution in [3.63, 3.8) is 0 Å². The molecule has 0 unspecified atom stereocenters. The Hall–Kier alpha value is 0.0538. The molecule has 0 saturated carbocycles. The molecule has 0 radical (unpaired) electrons. The summed E-state index contributed by atoms with van der Waals surface area (Å²) < 4.78 is 18.1. The Morgan fingerprint density at radius 2 is 1.25 bits per heavy atom. The first kappa shape index (κ1) is 24.1. The minimum atomic E-state index is -2.10. The number of rotatable bonds is 16. The molecule has 0 bridgehead atoms. The molecule has 0 heterocycles. The zero-order chi connectivity index (χ0) is 18.3. The molecule has 0 aromatic rings. The van der Waals surface area contributed by atoms with E-state index in [2.05, 4.69) is 52.2 Å². The van der Waals surface area contributed by atoms with E-state index in [1.54, 1.807) is 0 Å². The van der Waals surface area contributed by atoms with Gasteiger partial charge in [0.2, 0.25) is 0 Å². The second kappa shape index (κ2) is 14.2. The van der Waals surface area contributed by atoms with Crippen LogP contribution in [-0.2, 0) is 13.0 Å². The fraction of sp³-hybridized carbons (Fsp3) is 0.895. The molecule has 0 rings (SSSR count).